The summed E-state index contributed by atoms with van der Waals surface area (Å²) in [4.78, 5) is 0. The first-order valence-electron chi connectivity index (χ1n) is 3.39. The minimum absolute atomic E-state index is 0.107. The van der Waals surface area contributed by atoms with E-state index in [0.717, 1.165) is 0 Å². The number of halogens is 2. The zero-order valence-corrected chi connectivity index (χ0v) is 10.1. The van der Waals surface area contributed by atoms with Gasteiger partial charge in [-0.1, -0.05) is 5.21 Å². The molecule has 0 aliphatic rings. The molecule has 8 heteroatoms. The van der Waals surface area contributed by atoms with Gasteiger partial charge >= 0.3 is 0 Å². The molecule has 0 radical (unpaired) electrons. The van der Waals surface area contributed by atoms with Gasteiger partial charge in [-0.2, -0.15) is 0 Å². The van der Waals surface area contributed by atoms with E-state index in [2.05, 4.69) is 26.2 Å². The fourth-order valence-electron chi connectivity index (χ4n) is 0.815. The van der Waals surface area contributed by atoms with Gasteiger partial charge in [0.05, 0.1) is 0 Å². The summed E-state index contributed by atoms with van der Waals surface area (Å²) in [5, 5.41) is 7.10. The summed E-state index contributed by atoms with van der Waals surface area (Å²) in [6, 6.07) is -0.109. The van der Waals surface area contributed by atoms with Crippen LogP contribution in [0.4, 0.5) is 0 Å². The Hall–Kier alpha value is -0.140. The Morgan fingerprint density at radius 2 is 2.08 bits per heavy atom. The van der Waals surface area contributed by atoms with Gasteiger partial charge in [-0.25, -0.2) is 13.1 Å². The van der Waals surface area contributed by atoms with Crippen LogP contribution >= 0.6 is 26.6 Å². The van der Waals surface area contributed by atoms with Crippen molar-refractivity contribution < 1.29 is 8.42 Å². The summed E-state index contributed by atoms with van der Waals surface area (Å²) in [7, 11) is 1.39. The number of hydrogen-bond donors (Lipinski definition) is 0. The highest BCUT2D eigenvalue weighted by molar-refractivity contribution is 9.10. The van der Waals surface area contributed by atoms with Gasteiger partial charge in [-0.15, -0.1) is 5.10 Å². The maximum atomic E-state index is 11.1. The molecule has 0 unspecified atom stereocenters. The minimum atomic E-state index is -3.80. The first-order valence-corrected chi connectivity index (χ1v) is 6.49. The van der Waals surface area contributed by atoms with Gasteiger partial charge in [-0.05, 0) is 29.8 Å². The summed E-state index contributed by atoms with van der Waals surface area (Å²) in [5.74, 6) is 0. The number of nitrogens with zero attached hydrogens (tertiary/aromatic N) is 3. The molecule has 0 saturated heterocycles. The normalized spacial score (nSPS) is 12.4. The van der Waals surface area contributed by atoms with E-state index in [4.69, 9.17) is 10.7 Å². The Balaban J connectivity index is 3.42. The number of rotatable bonds is 2. The SMILES string of the molecule is CC(C)n1nnc(Br)c1S(=O)(=O)Cl. The van der Waals surface area contributed by atoms with Gasteiger partial charge in [-0.3, -0.25) is 0 Å². The van der Waals surface area contributed by atoms with Crippen LogP contribution in [0.2, 0.25) is 0 Å². The number of hydrogen-bond acceptors (Lipinski definition) is 4. The minimum Gasteiger partial charge on any atom is -0.229 e. The van der Waals surface area contributed by atoms with Crippen molar-refractivity contribution in [1.29, 1.82) is 0 Å². The lowest BCUT2D eigenvalue weighted by Gasteiger charge is -2.06. The number of aromatic nitrogens is 3. The second-order valence-electron chi connectivity index (χ2n) is 2.66. The predicted octanol–water partition coefficient (Wildman–Crippen LogP) is 1.55. The maximum Gasteiger partial charge on any atom is 0.281 e. The van der Waals surface area contributed by atoms with Gasteiger partial charge < -0.3 is 0 Å². The molecule has 0 aromatic carbocycles. The lowest BCUT2D eigenvalue weighted by Crippen LogP contribution is -2.09. The molecule has 0 saturated carbocycles. The highest BCUT2D eigenvalue weighted by Gasteiger charge is 2.24. The van der Waals surface area contributed by atoms with E-state index >= 15 is 0 Å². The van der Waals surface area contributed by atoms with E-state index in [1.807, 2.05) is 0 Å². The molecular formula is C5H7BrClN3O2S. The molecule has 0 aliphatic carbocycles. The lowest BCUT2D eigenvalue weighted by molar-refractivity contribution is 0.469. The van der Waals surface area contributed by atoms with Crippen molar-refractivity contribution in [2.75, 3.05) is 0 Å². The molecule has 5 nitrogen and oxygen atoms in total. The molecule has 0 amide bonds. The van der Waals surface area contributed by atoms with Crippen LogP contribution in [0.15, 0.2) is 9.63 Å². The smallest absolute Gasteiger partial charge is 0.229 e. The van der Waals surface area contributed by atoms with Crippen molar-refractivity contribution in [3.05, 3.63) is 4.60 Å². The highest BCUT2D eigenvalue weighted by Crippen LogP contribution is 2.24. The van der Waals surface area contributed by atoms with Crippen LogP contribution in [-0.2, 0) is 9.05 Å². The molecular weight excluding hydrogens is 281 g/mol. The van der Waals surface area contributed by atoms with E-state index < -0.39 is 9.05 Å². The van der Waals surface area contributed by atoms with Crippen LogP contribution < -0.4 is 0 Å². The molecule has 13 heavy (non-hydrogen) atoms. The van der Waals surface area contributed by atoms with Crippen molar-refractivity contribution in [2.24, 2.45) is 0 Å². The third-order valence-electron chi connectivity index (χ3n) is 1.33. The topological polar surface area (TPSA) is 64.8 Å². The standard InChI is InChI=1S/C5H7BrClN3O2S/c1-3(2)10-5(13(7,11)12)4(6)8-9-10/h3H,1-2H3. The Kier molecular flexibility index (Phi) is 2.98. The molecule has 0 N–H and O–H groups in total. The molecule has 0 atom stereocenters. The van der Waals surface area contributed by atoms with Crippen LogP contribution in [0, 0.1) is 0 Å². The van der Waals surface area contributed by atoms with Crippen molar-refractivity contribution in [3.8, 4) is 0 Å². The van der Waals surface area contributed by atoms with Crippen molar-refractivity contribution in [1.82, 2.24) is 15.0 Å². The molecule has 74 valence electrons. The van der Waals surface area contributed by atoms with Gasteiger partial charge in [0, 0.05) is 16.7 Å². The van der Waals surface area contributed by atoms with Crippen molar-refractivity contribution in [3.63, 3.8) is 0 Å². The zero-order valence-electron chi connectivity index (χ0n) is 6.90. The fourth-order valence-corrected chi connectivity index (χ4v) is 3.13. The van der Waals surface area contributed by atoms with E-state index in [1.54, 1.807) is 13.8 Å². The molecule has 0 aliphatic heterocycles. The molecule has 0 spiro atoms. The summed E-state index contributed by atoms with van der Waals surface area (Å²) in [6.07, 6.45) is 0. The first-order chi connectivity index (χ1) is 5.84. The summed E-state index contributed by atoms with van der Waals surface area (Å²) in [6.45, 7) is 3.57. The Bertz CT molecular complexity index is 413. The van der Waals surface area contributed by atoms with E-state index in [9.17, 15) is 8.42 Å². The summed E-state index contributed by atoms with van der Waals surface area (Å²) in [5.41, 5.74) is 0. The third-order valence-corrected chi connectivity index (χ3v) is 3.41. The highest BCUT2D eigenvalue weighted by atomic mass is 79.9. The largest absolute Gasteiger partial charge is 0.281 e. The summed E-state index contributed by atoms with van der Waals surface area (Å²) >= 11 is 2.96. The van der Waals surface area contributed by atoms with Crippen LogP contribution in [-0.4, -0.2) is 23.4 Å². The van der Waals surface area contributed by atoms with E-state index in [-0.39, 0.29) is 15.7 Å². The molecule has 0 fully saturated rings. The molecule has 1 aromatic rings. The quantitative estimate of drug-likeness (QED) is 0.775. The first kappa shape index (κ1) is 10.9. The van der Waals surface area contributed by atoms with Gasteiger partial charge in [0.2, 0.25) is 5.03 Å². The maximum absolute atomic E-state index is 11.1. The second kappa shape index (κ2) is 3.55. The van der Waals surface area contributed by atoms with Gasteiger partial charge in [0.1, 0.15) is 0 Å². The fraction of sp³-hybridized carbons (Fsp3) is 0.600. The third kappa shape index (κ3) is 2.21. The van der Waals surface area contributed by atoms with E-state index in [1.165, 1.54) is 4.68 Å². The average molecular weight is 289 g/mol. The van der Waals surface area contributed by atoms with Crippen molar-refractivity contribution >= 4 is 35.7 Å². The van der Waals surface area contributed by atoms with Crippen LogP contribution in [0.5, 0.6) is 0 Å². The van der Waals surface area contributed by atoms with Crippen LogP contribution in [0.25, 0.3) is 0 Å². The Labute approximate surface area is 88.6 Å². The van der Waals surface area contributed by atoms with E-state index in [0.29, 0.717) is 0 Å². The Morgan fingerprint density at radius 3 is 2.38 bits per heavy atom. The molecule has 0 bridgehead atoms. The molecule has 1 aromatic heterocycles. The zero-order chi connectivity index (χ0) is 10.2. The van der Waals surface area contributed by atoms with Crippen molar-refractivity contribution in [2.45, 2.75) is 24.9 Å². The van der Waals surface area contributed by atoms with Crippen LogP contribution in [0.1, 0.15) is 19.9 Å². The van der Waals surface area contributed by atoms with Gasteiger partial charge in [0.25, 0.3) is 9.05 Å². The summed E-state index contributed by atoms with van der Waals surface area (Å²) < 4.78 is 23.5. The monoisotopic (exact) mass is 287 g/mol. The molecule has 1 rings (SSSR count). The second-order valence-corrected chi connectivity index (χ2v) is 5.89. The van der Waals surface area contributed by atoms with Crippen LogP contribution in [0.3, 0.4) is 0 Å². The Morgan fingerprint density at radius 1 is 1.54 bits per heavy atom. The average Bonchev–Trinajstić information content (AvgIpc) is 2.28. The lowest BCUT2D eigenvalue weighted by atomic mass is 10.4. The van der Waals surface area contributed by atoms with Gasteiger partial charge in [0.15, 0.2) is 4.60 Å². The molecule has 1 heterocycles. The predicted molar refractivity (Wildman–Crippen MR) is 51.1 cm³/mol.